The van der Waals surface area contributed by atoms with E-state index >= 15 is 0 Å². The van der Waals surface area contributed by atoms with Crippen molar-refractivity contribution in [3.8, 4) is 6.07 Å². The molecule has 1 aliphatic carbocycles. The third-order valence-corrected chi connectivity index (χ3v) is 2.16. The molecule has 0 unspecified atom stereocenters. The largest absolute Gasteiger partial charge is 0.382 e. The quantitative estimate of drug-likeness (QED) is 0.533. The standard InChI is InChI=1S/C8H7NO3/c9-4-3-8(11)2-1-5(10)6-7(8)12-6/h1-2,6-7,11H,3H2/t6-,7-,8+/m1/s1. The Morgan fingerprint density at radius 1 is 1.83 bits per heavy atom. The van der Waals surface area contributed by atoms with Gasteiger partial charge in [0.15, 0.2) is 5.78 Å². The normalized spacial score (nSPS) is 43.5. The lowest BCUT2D eigenvalue weighted by atomic mass is 9.88. The third-order valence-electron chi connectivity index (χ3n) is 2.16. The Labute approximate surface area is 69.1 Å². The van der Waals surface area contributed by atoms with E-state index in [2.05, 4.69) is 0 Å². The number of rotatable bonds is 1. The first-order valence-electron chi connectivity index (χ1n) is 3.65. The minimum atomic E-state index is -1.24. The van der Waals surface area contributed by atoms with Gasteiger partial charge in [-0.3, -0.25) is 4.79 Å². The molecule has 0 aromatic carbocycles. The van der Waals surface area contributed by atoms with Crippen molar-refractivity contribution in [2.45, 2.75) is 24.2 Å². The lowest BCUT2D eigenvalue weighted by Gasteiger charge is -2.20. The second-order valence-electron chi connectivity index (χ2n) is 3.04. The maximum Gasteiger partial charge on any atom is 0.187 e. The first-order valence-corrected chi connectivity index (χ1v) is 3.65. The number of fused-ring (bicyclic) bond motifs is 1. The highest BCUT2D eigenvalue weighted by molar-refractivity contribution is 5.97. The van der Waals surface area contributed by atoms with E-state index in [1.165, 1.54) is 12.2 Å². The number of carbonyl (C=O) groups excluding carboxylic acids is 1. The highest BCUT2D eigenvalue weighted by Gasteiger charge is 2.58. The van der Waals surface area contributed by atoms with Gasteiger partial charge in [-0.05, 0) is 12.2 Å². The van der Waals surface area contributed by atoms with Crippen molar-refractivity contribution >= 4 is 5.78 Å². The molecule has 0 saturated carbocycles. The Bertz CT molecular complexity index is 304. The highest BCUT2D eigenvalue weighted by Crippen LogP contribution is 2.39. The molecule has 12 heavy (non-hydrogen) atoms. The molecule has 62 valence electrons. The van der Waals surface area contributed by atoms with Gasteiger partial charge in [-0.15, -0.1) is 0 Å². The van der Waals surface area contributed by atoms with Crippen LogP contribution in [0.1, 0.15) is 6.42 Å². The van der Waals surface area contributed by atoms with Gasteiger partial charge < -0.3 is 9.84 Å². The average molecular weight is 165 g/mol. The smallest absolute Gasteiger partial charge is 0.187 e. The van der Waals surface area contributed by atoms with Gasteiger partial charge in [-0.25, -0.2) is 0 Å². The van der Waals surface area contributed by atoms with E-state index in [0.29, 0.717) is 0 Å². The van der Waals surface area contributed by atoms with Crippen molar-refractivity contribution in [2.75, 3.05) is 0 Å². The van der Waals surface area contributed by atoms with Crippen molar-refractivity contribution in [3.63, 3.8) is 0 Å². The molecule has 1 N–H and O–H groups in total. The summed E-state index contributed by atoms with van der Waals surface area (Å²) < 4.78 is 4.95. The fourth-order valence-corrected chi connectivity index (χ4v) is 1.41. The molecule has 1 fully saturated rings. The van der Waals surface area contributed by atoms with Crippen LogP contribution < -0.4 is 0 Å². The predicted molar refractivity (Wildman–Crippen MR) is 38.0 cm³/mol. The number of ketones is 1. The number of epoxide rings is 1. The average Bonchev–Trinajstić information content (AvgIpc) is 2.78. The van der Waals surface area contributed by atoms with E-state index in [1.807, 2.05) is 6.07 Å². The third kappa shape index (κ3) is 0.876. The summed E-state index contributed by atoms with van der Waals surface area (Å²) in [6, 6.07) is 1.86. The maximum absolute atomic E-state index is 10.9. The van der Waals surface area contributed by atoms with Crippen molar-refractivity contribution in [3.05, 3.63) is 12.2 Å². The molecule has 1 heterocycles. The summed E-state index contributed by atoms with van der Waals surface area (Å²) in [6.07, 6.45) is 1.61. The summed E-state index contributed by atoms with van der Waals surface area (Å²) in [7, 11) is 0. The number of hydrogen-bond donors (Lipinski definition) is 1. The van der Waals surface area contributed by atoms with Gasteiger partial charge in [0.25, 0.3) is 0 Å². The Balaban J connectivity index is 2.25. The summed E-state index contributed by atoms with van der Waals surface area (Å²) in [4.78, 5) is 10.9. The van der Waals surface area contributed by atoms with E-state index in [9.17, 15) is 9.90 Å². The topological polar surface area (TPSA) is 73.6 Å². The molecule has 2 aliphatic rings. The number of hydrogen-bond acceptors (Lipinski definition) is 4. The van der Waals surface area contributed by atoms with Crippen LogP contribution in [0, 0.1) is 11.3 Å². The van der Waals surface area contributed by atoms with Crippen LogP contribution in [0.2, 0.25) is 0 Å². The second kappa shape index (κ2) is 2.16. The molecule has 0 amide bonds. The van der Waals surface area contributed by atoms with E-state index in [1.54, 1.807) is 0 Å². The van der Waals surface area contributed by atoms with E-state index in [0.717, 1.165) is 0 Å². The zero-order chi connectivity index (χ0) is 8.77. The van der Waals surface area contributed by atoms with Crippen LogP contribution >= 0.6 is 0 Å². The molecule has 2 rings (SSSR count). The fourth-order valence-electron chi connectivity index (χ4n) is 1.41. The van der Waals surface area contributed by atoms with Crippen LogP contribution in [0.5, 0.6) is 0 Å². The minimum absolute atomic E-state index is 0.0298. The predicted octanol–water partition coefficient (Wildman–Crippen LogP) is -0.463. The first-order chi connectivity index (χ1) is 5.67. The highest BCUT2D eigenvalue weighted by atomic mass is 16.6. The molecule has 1 aliphatic heterocycles. The lowest BCUT2D eigenvalue weighted by molar-refractivity contribution is -0.116. The van der Waals surface area contributed by atoms with Crippen molar-refractivity contribution in [2.24, 2.45) is 0 Å². The van der Waals surface area contributed by atoms with Crippen LogP contribution in [0.4, 0.5) is 0 Å². The summed E-state index contributed by atoms with van der Waals surface area (Å²) in [5.41, 5.74) is -1.24. The number of nitrogens with zero attached hydrogens (tertiary/aromatic N) is 1. The molecule has 3 atom stereocenters. The van der Waals surface area contributed by atoms with Crippen LogP contribution in [0.25, 0.3) is 0 Å². The second-order valence-corrected chi connectivity index (χ2v) is 3.04. The van der Waals surface area contributed by atoms with E-state index in [-0.39, 0.29) is 12.2 Å². The zero-order valence-electron chi connectivity index (χ0n) is 6.23. The van der Waals surface area contributed by atoms with Crippen molar-refractivity contribution in [1.82, 2.24) is 0 Å². The molecule has 4 nitrogen and oxygen atoms in total. The summed E-state index contributed by atoms with van der Waals surface area (Å²) in [5, 5.41) is 18.1. The van der Waals surface area contributed by atoms with Gasteiger partial charge in [0.1, 0.15) is 17.8 Å². The van der Waals surface area contributed by atoms with Crippen LogP contribution in [-0.2, 0) is 9.53 Å². The number of aliphatic hydroxyl groups is 1. The van der Waals surface area contributed by atoms with Gasteiger partial charge >= 0.3 is 0 Å². The van der Waals surface area contributed by atoms with Crippen LogP contribution in [-0.4, -0.2) is 28.7 Å². The van der Waals surface area contributed by atoms with Gasteiger partial charge in [0.2, 0.25) is 0 Å². The number of carbonyl (C=O) groups is 1. The Kier molecular flexibility index (Phi) is 1.34. The number of ether oxygens (including phenoxy) is 1. The van der Waals surface area contributed by atoms with Gasteiger partial charge in [0.05, 0.1) is 12.5 Å². The Hall–Kier alpha value is -1.18. The zero-order valence-corrected chi connectivity index (χ0v) is 6.23. The van der Waals surface area contributed by atoms with Crippen LogP contribution in [0.15, 0.2) is 12.2 Å². The molecule has 0 spiro atoms. The van der Waals surface area contributed by atoms with Gasteiger partial charge in [0, 0.05) is 0 Å². The molecule has 1 saturated heterocycles. The first kappa shape index (κ1) is 7.47. The molecular weight excluding hydrogens is 158 g/mol. The summed E-state index contributed by atoms with van der Waals surface area (Å²) in [6.45, 7) is 0. The monoisotopic (exact) mass is 165 g/mol. The van der Waals surface area contributed by atoms with E-state index < -0.39 is 17.8 Å². The molecule has 0 aromatic rings. The maximum atomic E-state index is 10.9. The molecule has 0 radical (unpaired) electrons. The molecule has 0 bridgehead atoms. The SMILES string of the molecule is N#CC[C@@]1(O)C=CC(=O)[C@H]2O[C@H]21. The molecule has 0 aromatic heterocycles. The van der Waals surface area contributed by atoms with Gasteiger partial charge in [-0.1, -0.05) is 0 Å². The fraction of sp³-hybridized carbons (Fsp3) is 0.500. The van der Waals surface area contributed by atoms with E-state index in [4.69, 9.17) is 10.00 Å². The van der Waals surface area contributed by atoms with Gasteiger partial charge in [-0.2, -0.15) is 5.26 Å². The Morgan fingerprint density at radius 2 is 2.58 bits per heavy atom. The van der Waals surface area contributed by atoms with Crippen LogP contribution in [0.3, 0.4) is 0 Å². The lowest BCUT2D eigenvalue weighted by Crippen LogP contribution is -2.37. The van der Waals surface area contributed by atoms with Crippen molar-refractivity contribution in [1.29, 1.82) is 5.26 Å². The van der Waals surface area contributed by atoms with Crippen molar-refractivity contribution < 1.29 is 14.6 Å². The molecular formula is C8H7NO3. The summed E-state index contributed by atoms with van der Waals surface area (Å²) >= 11 is 0. The number of nitriles is 1. The molecule has 4 heteroatoms. The Morgan fingerprint density at radius 3 is 3.25 bits per heavy atom. The summed E-state index contributed by atoms with van der Waals surface area (Å²) in [5.74, 6) is -0.123. The minimum Gasteiger partial charge on any atom is -0.382 e.